The van der Waals surface area contributed by atoms with Crippen LogP contribution in [0.3, 0.4) is 0 Å². The molecule has 1 aliphatic heterocycles. The molecule has 8 heteroatoms. The second-order valence-corrected chi connectivity index (χ2v) is 6.59. The van der Waals surface area contributed by atoms with Crippen LogP contribution in [0.1, 0.15) is 17.6 Å². The zero-order valence-electron chi connectivity index (χ0n) is 12.8. The fourth-order valence-electron chi connectivity index (χ4n) is 2.35. The number of rotatable bonds is 4. The molecule has 0 amide bonds. The summed E-state index contributed by atoms with van der Waals surface area (Å²) in [5.74, 6) is 1.56. The van der Waals surface area contributed by atoms with Crippen LogP contribution in [0.4, 0.5) is 4.39 Å². The molecule has 0 saturated heterocycles. The summed E-state index contributed by atoms with van der Waals surface area (Å²) in [6.45, 7) is 0.280. The van der Waals surface area contributed by atoms with Gasteiger partial charge in [-0.3, -0.25) is 0 Å². The molecule has 25 heavy (non-hydrogen) atoms. The van der Waals surface area contributed by atoms with Crippen LogP contribution < -0.4 is 9.47 Å². The minimum absolute atomic E-state index is 0.280. The second-order valence-electron chi connectivity index (χ2n) is 5.26. The molecule has 2 heterocycles. The number of para-hydroxylation sites is 2. The van der Waals surface area contributed by atoms with E-state index in [9.17, 15) is 4.39 Å². The third kappa shape index (κ3) is 3.43. The number of benzene rings is 2. The predicted octanol–water partition coefficient (Wildman–Crippen LogP) is 4.67. The molecule has 0 N–H and O–H groups in total. The highest BCUT2D eigenvalue weighted by Crippen LogP contribution is 2.36. The molecule has 3 aromatic rings. The number of nitrogens with zero attached hydrogens (tertiary/aromatic N) is 2. The molecule has 0 saturated carbocycles. The van der Waals surface area contributed by atoms with Crippen molar-refractivity contribution in [2.75, 3.05) is 6.61 Å². The Balaban J connectivity index is 1.44. The van der Waals surface area contributed by atoms with E-state index in [-0.39, 0.29) is 18.2 Å². The topological polar surface area (TPSA) is 57.4 Å². The molecular weight excluding hydrogens is 367 g/mol. The minimum Gasteiger partial charge on any atom is -0.485 e. The van der Waals surface area contributed by atoms with Gasteiger partial charge in [0.1, 0.15) is 12.4 Å². The fourth-order valence-corrected chi connectivity index (χ4v) is 3.47. The van der Waals surface area contributed by atoms with Gasteiger partial charge in [0.05, 0.1) is 0 Å². The summed E-state index contributed by atoms with van der Waals surface area (Å²) in [6.07, 6.45) is -0.478. The molecule has 128 valence electrons. The third-order valence-electron chi connectivity index (χ3n) is 3.61. The van der Waals surface area contributed by atoms with Crippen molar-refractivity contribution in [1.29, 1.82) is 0 Å². The second kappa shape index (κ2) is 6.93. The van der Waals surface area contributed by atoms with Crippen LogP contribution in [0.15, 0.2) is 52.1 Å². The quantitative estimate of drug-likeness (QED) is 0.615. The number of halogens is 2. The molecule has 1 aromatic heterocycles. The first-order valence-corrected chi connectivity index (χ1v) is 8.84. The highest BCUT2D eigenvalue weighted by molar-refractivity contribution is 7.98. The Morgan fingerprint density at radius 2 is 1.96 bits per heavy atom. The van der Waals surface area contributed by atoms with Crippen molar-refractivity contribution in [2.24, 2.45) is 0 Å². The van der Waals surface area contributed by atoms with E-state index in [0.29, 0.717) is 33.2 Å². The maximum absolute atomic E-state index is 13.8. The van der Waals surface area contributed by atoms with Gasteiger partial charge < -0.3 is 13.9 Å². The first-order valence-electron chi connectivity index (χ1n) is 7.48. The maximum atomic E-state index is 13.8. The number of ether oxygens (including phenoxy) is 2. The lowest BCUT2D eigenvalue weighted by Crippen LogP contribution is -2.21. The summed E-state index contributed by atoms with van der Waals surface area (Å²) >= 11 is 7.23. The summed E-state index contributed by atoms with van der Waals surface area (Å²) in [5, 5.41) is 8.65. The van der Waals surface area contributed by atoms with Crippen molar-refractivity contribution in [1.82, 2.24) is 10.2 Å². The van der Waals surface area contributed by atoms with Crippen LogP contribution in [-0.2, 0) is 5.75 Å². The lowest BCUT2D eigenvalue weighted by atomic mass is 10.2. The first kappa shape index (κ1) is 16.2. The smallest absolute Gasteiger partial charge is 0.277 e. The number of aromatic nitrogens is 2. The van der Waals surface area contributed by atoms with Gasteiger partial charge in [-0.05, 0) is 24.3 Å². The van der Waals surface area contributed by atoms with E-state index >= 15 is 0 Å². The molecule has 2 aromatic carbocycles. The van der Waals surface area contributed by atoms with Gasteiger partial charge in [-0.1, -0.05) is 41.6 Å². The van der Waals surface area contributed by atoms with Gasteiger partial charge in [0.25, 0.3) is 11.1 Å². The van der Waals surface area contributed by atoms with Crippen molar-refractivity contribution in [3.05, 3.63) is 64.8 Å². The molecular formula is C17H12ClFN2O3S. The molecule has 0 bridgehead atoms. The van der Waals surface area contributed by atoms with E-state index in [0.717, 1.165) is 0 Å². The largest absolute Gasteiger partial charge is 0.485 e. The SMILES string of the molecule is Fc1cccc(Cl)c1CSc1nnc(C2COc3ccccc3O2)o1. The molecule has 5 nitrogen and oxygen atoms in total. The van der Waals surface area contributed by atoms with E-state index in [1.807, 2.05) is 24.3 Å². The molecule has 0 fully saturated rings. The lowest BCUT2D eigenvalue weighted by molar-refractivity contribution is 0.0686. The van der Waals surface area contributed by atoms with E-state index < -0.39 is 6.10 Å². The van der Waals surface area contributed by atoms with Crippen LogP contribution in [0.5, 0.6) is 11.5 Å². The van der Waals surface area contributed by atoms with Gasteiger partial charge in [0.15, 0.2) is 11.5 Å². The average Bonchev–Trinajstić information content (AvgIpc) is 3.10. The Kier molecular flexibility index (Phi) is 4.50. The van der Waals surface area contributed by atoms with Crippen LogP contribution >= 0.6 is 23.4 Å². The molecule has 0 radical (unpaired) electrons. The van der Waals surface area contributed by atoms with E-state index in [1.54, 1.807) is 12.1 Å². The van der Waals surface area contributed by atoms with Crippen molar-refractivity contribution in [2.45, 2.75) is 17.1 Å². The van der Waals surface area contributed by atoms with Gasteiger partial charge in [0, 0.05) is 16.3 Å². The van der Waals surface area contributed by atoms with Gasteiger partial charge in [-0.2, -0.15) is 0 Å². The third-order valence-corrected chi connectivity index (χ3v) is 4.81. The van der Waals surface area contributed by atoms with Crippen LogP contribution in [-0.4, -0.2) is 16.8 Å². The lowest BCUT2D eigenvalue weighted by Gasteiger charge is -2.23. The van der Waals surface area contributed by atoms with Crippen molar-refractivity contribution >= 4 is 23.4 Å². The maximum Gasteiger partial charge on any atom is 0.277 e. The normalized spacial score (nSPS) is 16.0. The Morgan fingerprint density at radius 1 is 1.12 bits per heavy atom. The Bertz CT molecular complexity index is 885. The monoisotopic (exact) mass is 378 g/mol. The number of hydrogen-bond donors (Lipinski definition) is 0. The van der Waals surface area contributed by atoms with E-state index in [4.69, 9.17) is 25.5 Å². The molecule has 0 aliphatic carbocycles. The zero-order chi connectivity index (χ0) is 17.2. The molecule has 1 unspecified atom stereocenters. The van der Waals surface area contributed by atoms with Crippen molar-refractivity contribution in [3.63, 3.8) is 0 Å². The van der Waals surface area contributed by atoms with Gasteiger partial charge in [-0.25, -0.2) is 4.39 Å². The van der Waals surface area contributed by atoms with Gasteiger partial charge in [-0.15, -0.1) is 10.2 Å². The summed E-state index contributed by atoms with van der Waals surface area (Å²) < 4.78 is 30.9. The Hall–Kier alpha value is -2.25. The molecule has 1 atom stereocenters. The van der Waals surface area contributed by atoms with E-state index in [2.05, 4.69) is 10.2 Å². The molecule has 0 spiro atoms. The van der Waals surface area contributed by atoms with Gasteiger partial charge in [0.2, 0.25) is 6.10 Å². The van der Waals surface area contributed by atoms with Gasteiger partial charge >= 0.3 is 0 Å². The van der Waals surface area contributed by atoms with Crippen molar-refractivity contribution < 1.29 is 18.3 Å². The number of hydrogen-bond acceptors (Lipinski definition) is 6. The number of fused-ring (bicyclic) bond motifs is 1. The van der Waals surface area contributed by atoms with Crippen LogP contribution in [0.25, 0.3) is 0 Å². The zero-order valence-corrected chi connectivity index (χ0v) is 14.4. The highest BCUT2D eigenvalue weighted by atomic mass is 35.5. The first-order chi connectivity index (χ1) is 12.2. The standard InChI is InChI=1S/C17H12ClFN2O3S/c18-11-4-3-5-12(19)10(11)9-25-17-21-20-16(24-17)15-8-22-13-6-1-2-7-14(13)23-15/h1-7,15H,8-9H2. The summed E-state index contributed by atoms with van der Waals surface area (Å²) in [6, 6.07) is 12.0. The Labute approximate surface area is 152 Å². The van der Waals surface area contributed by atoms with Crippen LogP contribution in [0, 0.1) is 5.82 Å². The van der Waals surface area contributed by atoms with Crippen LogP contribution in [0.2, 0.25) is 5.02 Å². The summed E-state index contributed by atoms with van der Waals surface area (Å²) in [7, 11) is 0. The minimum atomic E-state index is -0.478. The average molecular weight is 379 g/mol. The highest BCUT2D eigenvalue weighted by Gasteiger charge is 2.27. The Morgan fingerprint density at radius 3 is 2.80 bits per heavy atom. The fraction of sp³-hybridized carbons (Fsp3) is 0.176. The summed E-state index contributed by atoms with van der Waals surface area (Å²) in [4.78, 5) is 0. The molecule has 4 rings (SSSR count). The summed E-state index contributed by atoms with van der Waals surface area (Å²) in [5.41, 5.74) is 0.403. The number of thioether (sulfide) groups is 1. The predicted molar refractivity (Wildman–Crippen MR) is 90.6 cm³/mol. The molecule has 1 aliphatic rings. The van der Waals surface area contributed by atoms with E-state index in [1.165, 1.54) is 17.8 Å². The van der Waals surface area contributed by atoms with Crippen molar-refractivity contribution in [3.8, 4) is 11.5 Å².